The van der Waals surface area contributed by atoms with Crippen LogP contribution in [0.3, 0.4) is 0 Å². The van der Waals surface area contributed by atoms with Crippen molar-refractivity contribution in [3.63, 3.8) is 0 Å². The van der Waals surface area contributed by atoms with Crippen molar-refractivity contribution >= 4 is 44.4 Å². The lowest BCUT2D eigenvalue weighted by molar-refractivity contribution is -0.107. The van der Waals surface area contributed by atoms with Gasteiger partial charge in [0.2, 0.25) is 11.9 Å². The summed E-state index contributed by atoms with van der Waals surface area (Å²) in [6, 6.07) is 5.36. The van der Waals surface area contributed by atoms with E-state index in [1.54, 1.807) is 25.1 Å². The molecule has 8 heteroatoms. The van der Waals surface area contributed by atoms with Gasteiger partial charge in [-0.1, -0.05) is 6.07 Å². The lowest BCUT2D eigenvalue weighted by atomic mass is 10.2. The molecule has 22 heavy (non-hydrogen) atoms. The standard InChI is InChI=1S/C14H11NO5S2/c1-2-18-14(17)22-13-15-9(12(16)21-13)5-8-3-4-10-11(6-8)20-7-19-10/h3-6H,2,7H2,1H3/b9-5-. The van der Waals surface area contributed by atoms with Gasteiger partial charge in [-0.3, -0.25) is 4.79 Å². The molecular weight excluding hydrogens is 326 g/mol. The Kier molecular flexibility index (Phi) is 4.39. The normalized spacial score (nSPS) is 17.8. The fraction of sp³-hybridized carbons (Fsp3) is 0.214. The van der Waals surface area contributed by atoms with Crippen LogP contribution in [0.5, 0.6) is 11.5 Å². The SMILES string of the molecule is CCOC(=O)SC1=N/C(=C\c2ccc3c(c2)OCO3)C(=O)S1. The first kappa shape index (κ1) is 15.0. The minimum atomic E-state index is -0.467. The average Bonchev–Trinajstić information content (AvgIpc) is 3.06. The van der Waals surface area contributed by atoms with E-state index < -0.39 is 5.30 Å². The van der Waals surface area contributed by atoms with E-state index in [1.807, 2.05) is 6.07 Å². The number of carbonyl (C=O) groups is 2. The zero-order valence-electron chi connectivity index (χ0n) is 11.5. The van der Waals surface area contributed by atoms with Crippen LogP contribution in [0.2, 0.25) is 0 Å². The maximum atomic E-state index is 11.9. The van der Waals surface area contributed by atoms with E-state index in [1.165, 1.54) is 0 Å². The van der Waals surface area contributed by atoms with Gasteiger partial charge in [0.25, 0.3) is 0 Å². The second kappa shape index (κ2) is 6.45. The van der Waals surface area contributed by atoms with E-state index in [9.17, 15) is 9.59 Å². The van der Waals surface area contributed by atoms with E-state index in [0.29, 0.717) is 15.9 Å². The van der Waals surface area contributed by atoms with E-state index in [-0.39, 0.29) is 24.2 Å². The molecule has 3 rings (SSSR count). The molecule has 0 saturated heterocycles. The number of nitrogens with zero attached hydrogens (tertiary/aromatic N) is 1. The number of rotatable bonds is 2. The van der Waals surface area contributed by atoms with Crippen LogP contribution in [0.4, 0.5) is 4.79 Å². The molecule has 0 spiro atoms. The van der Waals surface area contributed by atoms with Crippen LogP contribution in [-0.4, -0.2) is 28.2 Å². The Morgan fingerprint density at radius 2 is 2.27 bits per heavy atom. The molecule has 2 aliphatic heterocycles. The molecule has 0 fully saturated rings. The van der Waals surface area contributed by atoms with E-state index >= 15 is 0 Å². The molecule has 114 valence electrons. The summed E-state index contributed by atoms with van der Waals surface area (Å²) in [4.78, 5) is 27.5. The van der Waals surface area contributed by atoms with Crippen LogP contribution in [0.25, 0.3) is 6.08 Å². The Morgan fingerprint density at radius 1 is 1.45 bits per heavy atom. The molecule has 2 aliphatic rings. The molecule has 0 unspecified atom stereocenters. The van der Waals surface area contributed by atoms with Crippen molar-refractivity contribution in [2.24, 2.45) is 4.99 Å². The summed E-state index contributed by atoms with van der Waals surface area (Å²) >= 11 is 1.74. The number of fused-ring (bicyclic) bond motifs is 1. The number of hydrogen-bond donors (Lipinski definition) is 0. The first-order valence-corrected chi connectivity index (χ1v) is 8.06. The Bertz CT molecular complexity index is 698. The van der Waals surface area contributed by atoms with Gasteiger partial charge in [0, 0.05) is 11.8 Å². The van der Waals surface area contributed by atoms with E-state index in [4.69, 9.17) is 14.2 Å². The summed E-state index contributed by atoms with van der Waals surface area (Å²) in [6.45, 7) is 2.21. The lowest BCUT2D eigenvalue weighted by Crippen LogP contribution is -1.98. The molecule has 6 nitrogen and oxygen atoms in total. The average molecular weight is 337 g/mol. The third kappa shape index (κ3) is 3.28. The predicted octanol–water partition coefficient (Wildman–Crippen LogP) is 3.28. The van der Waals surface area contributed by atoms with Crippen LogP contribution in [0, 0.1) is 0 Å². The summed E-state index contributed by atoms with van der Waals surface area (Å²) in [5.74, 6) is 1.31. The molecule has 0 radical (unpaired) electrons. The van der Waals surface area contributed by atoms with E-state index in [2.05, 4.69) is 4.99 Å². The van der Waals surface area contributed by atoms with Crippen molar-refractivity contribution in [2.45, 2.75) is 6.92 Å². The van der Waals surface area contributed by atoms with Crippen molar-refractivity contribution < 1.29 is 23.8 Å². The lowest BCUT2D eigenvalue weighted by Gasteiger charge is -1.98. The van der Waals surface area contributed by atoms with Crippen molar-refractivity contribution in [3.05, 3.63) is 29.5 Å². The third-order valence-electron chi connectivity index (χ3n) is 2.73. The van der Waals surface area contributed by atoms with Gasteiger partial charge in [0.05, 0.1) is 6.61 Å². The maximum Gasteiger partial charge on any atom is 0.374 e. The quantitative estimate of drug-likeness (QED) is 0.605. The van der Waals surface area contributed by atoms with Gasteiger partial charge in [-0.2, -0.15) is 0 Å². The van der Waals surface area contributed by atoms with Gasteiger partial charge in [-0.15, -0.1) is 0 Å². The highest BCUT2D eigenvalue weighted by Crippen LogP contribution is 2.35. The highest BCUT2D eigenvalue weighted by atomic mass is 32.2. The molecule has 0 atom stereocenters. The number of hydrogen-bond acceptors (Lipinski definition) is 8. The Hall–Kier alpha value is -1.93. The van der Waals surface area contributed by atoms with Crippen LogP contribution >= 0.6 is 23.5 Å². The first-order valence-electron chi connectivity index (χ1n) is 6.42. The molecule has 0 N–H and O–H groups in total. The van der Waals surface area contributed by atoms with Crippen LogP contribution in [0.1, 0.15) is 12.5 Å². The zero-order chi connectivity index (χ0) is 15.5. The summed E-state index contributed by atoms with van der Waals surface area (Å²) in [7, 11) is 0. The number of thioether (sulfide) groups is 2. The number of benzene rings is 1. The fourth-order valence-corrected chi connectivity index (χ4v) is 3.39. The Balaban J connectivity index is 1.77. The minimum Gasteiger partial charge on any atom is -0.458 e. The van der Waals surface area contributed by atoms with Crippen molar-refractivity contribution in [1.82, 2.24) is 0 Å². The highest BCUT2D eigenvalue weighted by molar-refractivity contribution is 8.49. The molecule has 0 saturated carbocycles. The second-order valence-corrected chi connectivity index (χ2v) is 6.34. The molecule has 0 aromatic heterocycles. The van der Waals surface area contributed by atoms with Crippen LogP contribution < -0.4 is 9.47 Å². The maximum absolute atomic E-state index is 11.9. The van der Waals surface area contributed by atoms with Crippen LogP contribution in [0.15, 0.2) is 28.9 Å². The smallest absolute Gasteiger partial charge is 0.374 e. The minimum absolute atomic E-state index is 0.197. The molecule has 2 heterocycles. The first-order chi connectivity index (χ1) is 10.7. The summed E-state index contributed by atoms with van der Waals surface area (Å²) in [5.41, 5.74) is 1.06. The van der Waals surface area contributed by atoms with Crippen molar-refractivity contribution in [1.29, 1.82) is 0 Å². The van der Waals surface area contributed by atoms with Gasteiger partial charge < -0.3 is 14.2 Å². The molecule has 0 amide bonds. The molecule has 1 aromatic carbocycles. The second-order valence-electron chi connectivity index (χ2n) is 4.19. The summed E-state index contributed by atoms with van der Waals surface area (Å²) in [5, 5.41) is -0.671. The van der Waals surface area contributed by atoms with Crippen molar-refractivity contribution in [3.8, 4) is 11.5 Å². The van der Waals surface area contributed by atoms with Gasteiger partial charge in [0.1, 0.15) is 10.1 Å². The topological polar surface area (TPSA) is 74.2 Å². The molecule has 0 bridgehead atoms. The summed E-state index contributed by atoms with van der Waals surface area (Å²) in [6.07, 6.45) is 1.65. The number of aliphatic imine (C=N–C) groups is 1. The largest absolute Gasteiger partial charge is 0.458 e. The fourth-order valence-electron chi connectivity index (χ4n) is 1.81. The third-order valence-corrected chi connectivity index (χ3v) is 4.44. The van der Waals surface area contributed by atoms with Crippen molar-refractivity contribution in [2.75, 3.05) is 13.4 Å². The van der Waals surface area contributed by atoms with Gasteiger partial charge in [-0.25, -0.2) is 9.79 Å². The molecule has 1 aromatic rings. The van der Waals surface area contributed by atoms with Gasteiger partial charge in [-0.05, 0) is 42.5 Å². The zero-order valence-corrected chi connectivity index (χ0v) is 13.2. The monoisotopic (exact) mass is 337 g/mol. The van der Waals surface area contributed by atoms with Crippen LogP contribution in [-0.2, 0) is 9.53 Å². The van der Waals surface area contributed by atoms with Gasteiger partial charge >= 0.3 is 5.30 Å². The predicted molar refractivity (Wildman–Crippen MR) is 85.2 cm³/mol. The number of carbonyl (C=O) groups excluding carboxylic acids is 2. The Morgan fingerprint density at radius 3 is 3.09 bits per heavy atom. The van der Waals surface area contributed by atoms with Gasteiger partial charge in [0.15, 0.2) is 11.5 Å². The molecular formula is C14H11NO5S2. The molecule has 0 aliphatic carbocycles. The summed E-state index contributed by atoms with van der Waals surface area (Å²) < 4.78 is 15.7. The van der Waals surface area contributed by atoms with E-state index in [0.717, 1.165) is 29.1 Å². The Labute approximate surface area is 134 Å². The number of ether oxygens (including phenoxy) is 3. The highest BCUT2D eigenvalue weighted by Gasteiger charge is 2.25.